The number of ether oxygens (including phenoxy) is 1. The van der Waals surface area contributed by atoms with Crippen molar-refractivity contribution >= 4 is 58.3 Å². The maximum atomic E-state index is 12.5. The fraction of sp³-hybridized carbons (Fsp3) is 0.167. The Labute approximate surface area is 168 Å². The first-order chi connectivity index (χ1) is 12.9. The summed E-state index contributed by atoms with van der Waals surface area (Å²) in [5, 5.41) is 0.758. The molecule has 27 heavy (non-hydrogen) atoms. The Morgan fingerprint density at radius 1 is 1.26 bits per heavy atom. The fourth-order valence-electron chi connectivity index (χ4n) is 2.30. The number of halogens is 1. The van der Waals surface area contributed by atoms with Gasteiger partial charge in [-0.15, -0.1) is 0 Å². The topological polar surface area (TPSA) is 76.8 Å². The van der Waals surface area contributed by atoms with E-state index in [9.17, 15) is 14.4 Å². The second-order valence-electron chi connectivity index (χ2n) is 5.46. The zero-order valence-electron chi connectivity index (χ0n) is 14.3. The number of thioether (sulfide) groups is 1. The minimum Gasteiger partial charge on any atom is -0.467 e. The molecule has 0 radical (unpaired) electrons. The lowest BCUT2D eigenvalue weighted by atomic mass is 10.3. The van der Waals surface area contributed by atoms with E-state index in [-0.39, 0.29) is 4.91 Å². The summed E-state index contributed by atoms with van der Waals surface area (Å²) in [6.07, 6.45) is 1.49. The van der Waals surface area contributed by atoms with Gasteiger partial charge in [-0.1, -0.05) is 23.4 Å². The molecule has 2 amide bonds. The zero-order chi connectivity index (χ0) is 19.6. The number of benzene rings is 1. The molecule has 1 saturated heterocycles. The van der Waals surface area contributed by atoms with E-state index in [1.165, 1.54) is 31.9 Å². The molecule has 0 spiro atoms. The summed E-state index contributed by atoms with van der Waals surface area (Å²) in [5.41, 5.74) is 0. The van der Waals surface area contributed by atoms with E-state index in [1.807, 2.05) is 12.1 Å². The molecule has 0 N–H and O–H groups in total. The van der Waals surface area contributed by atoms with Crippen molar-refractivity contribution in [2.24, 2.45) is 0 Å². The lowest BCUT2D eigenvalue weighted by molar-refractivity contribution is -0.148. The Bertz CT molecular complexity index is 922. The Balaban J connectivity index is 1.74. The quantitative estimate of drug-likeness (QED) is 0.510. The van der Waals surface area contributed by atoms with Gasteiger partial charge >= 0.3 is 5.97 Å². The molecular formula is C18H14ClNO5S2. The molecular weight excluding hydrogens is 410 g/mol. The van der Waals surface area contributed by atoms with Gasteiger partial charge in [0.15, 0.2) is 5.09 Å². The number of hydrogen-bond donors (Lipinski definition) is 0. The molecule has 2 heterocycles. The first kappa shape index (κ1) is 19.6. The van der Waals surface area contributed by atoms with Gasteiger partial charge in [-0.2, -0.15) is 0 Å². The average molecular weight is 424 g/mol. The van der Waals surface area contributed by atoms with Crippen LogP contribution in [0.15, 0.2) is 55.7 Å². The van der Waals surface area contributed by atoms with Gasteiger partial charge in [0.1, 0.15) is 11.8 Å². The normalized spacial score (nSPS) is 16.9. The van der Waals surface area contributed by atoms with Gasteiger partial charge in [0.25, 0.3) is 11.1 Å². The number of imide groups is 1. The molecule has 1 fully saturated rings. The molecule has 0 saturated carbocycles. The minimum absolute atomic E-state index is 0.188. The van der Waals surface area contributed by atoms with Crippen LogP contribution < -0.4 is 0 Å². The maximum Gasteiger partial charge on any atom is 0.328 e. The molecule has 1 atom stereocenters. The van der Waals surface area contributed by atoms with Gasteiger partial charge in [0, 0.05) is 16.0 Å². The van der Waals surface area contributed by atoms with E-state index in [0.717, 1.165) is 21.6 Å². The van der Waals surface area contributed by atoms with Crippen molar-refractivity contribution in [1.82, 2.24) is 4.90 Å². The van der Waals surface area contributed by atoms with Gasteiger partial charge in [0.05, 0.1) is 12.0 Å². The smallest absolute Gasteiger partial charge is 0.328 e. The monoisotopic (exact) mass is 423 g/mol. The fourth-order valence-corrected chi connectivity index (χ4v) is 4.10. The van der Waals surface area contributed by atoms with E-state index in [1.54, 1.807) is 24.3 Å². The van der Waals surface area contributed by atoms with Crippen LogP contribution in [0, 0.1) is 0 Å². The van der Waals surface area contributed by atoms with Gasteiger partial charge in [-0.05, 0) is 55.1 Å². The van der Waals surface area contributed by atoms with E-state index >= 15 is 0 Å². The van der Waals surface area contributed by atoms with Crippen LogP contribution in [-0.4, -0.2) is 35.2 Å². The van der Waals surface area contributed by atoms with E-state index < -0.39 is 23.2 Å². The highest BCUT2D eigenvalue weighted by atomic mass is 35.5. The van der Waals surface area contributed by atoms with Gasteiger partial charge < -0.3 is 9.15 Å². The summed E-state index contributed by atoms with van der Waals surface area (Å²) < 4.78 is 10.3. The van der Waals surface area contributed by atoms with Crippen LogP contribution in [-0.2, 0) is 14.3 Å². The number of nitrogens with zero attached hydrogens (tertiary/aromatic N) is 1. The van der Waals surface area contributed by atoms with E-state index in [2.05, 4.69) is 4.74 Å². The Hall–Kier alpha value is -2.16. The molecule has 0 aliphatic carbocycles. The van der Waals surface area contributed by atoms with Crippen molar-refractivity contribution in [2.75, 3.05) is 7.11 Å². The maximum absolute atomic E-state index is 12.5. The first-order valence-electron chi connectivity index (χ1n) is 7.77. The number of esters is 1. The number of amides is 2. The Morgan fingerprint density at radius 2 is 1.96 bits per heavy atom. The van der Waals surface area contributed by atoms with Crippen molar-refractivity contribution < 1.29 is 23.5 Å². The minimum atomic E-state index is -0.985. The van der Waals surface area contributed by atoms with Crippen LogP contribution in [0.2, 0.25) is 5.02 Å². The molecule has 0 bridgehead atoms. The summed E-state index contributed by atoms with van der Waals surface area (Å²) in [6, 6.07) is 9.80. The molecule has 3 rings (SSSR count). The third-order valence-electron chi connectivity index (χ3n) is 3.66. The lowest BCUT2D eigenvalue weighted by Gasteiger charge is -2.18. The zero-order valence-corrected chi connectivity index (χ0v) is 16.7. The number of carbonyl (C=O) groups excluding carboxylic acids is 3. The van der Waals surface area contributed by atoms with Crippen LogP contribution in [0.25, 0.3) is 6.08 Å². The molecule has 6 nitrogen and oxygen atoms in total. The molecule has 9 heteroatoms. The van der Waals surface area contributed by atoms with Crippen molar-refractivity contribution in [1.29, 1.82) is 0 Å². The highest BCUT2D eigenvalue weighted by molar-refractivity contribution is 8.18. The summed E-state index contributed by atoms with van der Waals surface area (Å²) in [4.78, 5) is 38.2. The van der Waals surface area contributed by atoms with Crippen LogP contribution in [0.5, 0.6) is 0 Å². The molecule has 140 valence electrons. The number of carbonyl (C=O) groups is 3. The Kier molecular flexibility index (Phi) is 5.98. The molecule has 1 aromatic carbocycles. The van der Waals surface area contributed by atoms with E-state index in [4.69, 9.17) is 16.0 Å². The van der Waals surface area contributed by atoms with Crippen LogP contribution >= 0.6 is 35.1 Å². The van der Waals surface area contributed by atoms with Crippen LogP contribution in [0.1, 0.15) is 12.7 Å². The first-order valence-corrected chi connectivity index (χ1v) is 9.78. The number of methoxy groups -OCH3 is 1. The second-order valence-corrected chi connectivity index (χ2v) is 7.97. The van der Waals surface area contributed by atoms with Gasteiger partial charge in [-0.3, -0.25) is 14.5 Å². The van der Waals surface area contributed by atoms with Crippen LogP contribution in [0.4, 0.5) is 4.79 Å². The molecule has 1 aliphatic rings. The van der Waals surface area contributed by atoms with Crippen molar-refractivity contribution in [3.8, 4) is 0 Å². The van der Waals surface area contributed by atoms with Crippen molar-refractivity contribution in [3.05, 3.63) is 52.1 Å². The highest BCUT2D eigenvalue weighted by Gasteiger charge is 2.41. The average Bonchev–Trinajstić information content (AvgIpc) is 3.20. The molecule has 0 unspecified atom stereocenters. The molecule has 1 aromatic heterocycles. The highest BCUT2D eigenvalue weighted by Crippen LogP contribution is 2.35. The predicted octanol–water partition coefficient (Wildman–Crippen LogP) is 4.68. The van der Waals surface area contributed by atoms with Crippen molar-refractivity contribution in [2.45, 2.75) is 23.0 Å². The summed E-state index contributed by atoms with van der Waals surface area (Å²) in [5.74, 6) is -0.771. The molecule has 2 aromatic rings. The standard InChI is InChI=1S/C18H14ClNO5S2/c1-10(17(22)24-2)20-16(21)14(27-18(20)23)9-12-5-8-15(25-12)26-13-6-3-11(19)4-7-13/h3-10H,1-2H3/b14-9+/t10-/m0/s1. The summed E-state index contributed by atoms with van der Waals surface area (Å²) in [6.45, 7) is 1.44. The van der Waals surface area contributed by atoms with Gasteiger partial charge in [-0.25, -0.2) is 4.79 Å². The molecule has 1 aliphatic heterocycles. The van der Waals surface area contributed by atoms with Crippen molar-refractivity contribution in [3.63, 3.8) is 0 Å². The van der Waals surface area contributed by atoms with Crippen LogP contribution in [0.3, 0.4) is 0 Å². The SMILES string of the molecule is COC(=O)[C@H](C)N1C(=O)S/C(=C/c2ccc(Sc3ccc(Cl)cc3)o2)C1=O. The van der Waals surface area contributed by atoms with Gasteiger partial charge in [0.2, 0.25) is 0 Å². The second kappa shape index (κ2) is 8.24. The predicted molar refractivity (Wildman–Crippen MR) is 104 cm³/mol. The third kappa shape index (κ3) is 4.40. The number of rotatable bonds is 5. The Morgan fingerprint density at radius 3 is 2.63 bits per heavy atom. The third-order valence-corrected chi connectivity index (χ3v) is 5.72. The summed E-state index contributed by atoms with van der Waals surface area (Å²) in [7, 11) is 1.20. The number of hydrogen-bond acceptors (Lipinski definition) is 7. The lowest BCUT2D eigenvalue weighted by Crippen LogP contribution is -2.42. The van der Waals surface area contributed by atoms with E-state index in [0.29, 0.717) is 15.9 Å². The summed E-state index contributed by atoms with van der Waals surface area (Å²) >= 11 is 8.03. The largest absolute Gasteiger partial charge is 0.467 e. The number of furan rings is 1.